The number of amides is 2. The minimum Gasteiger partial charge on any atom is -0.338 e. The van der Waals surface area contributed by atoms with Crippen molar-refractivity contribution in [3.63, 3.8) is 0 Å². The normalized spacial score (nSPS) is 10.6. The number of carbonyl (C=O) groups is 1. The second-order valence-electron chi connectivity index (χ2n) is 6.03. The van der Waals surface area contributed by atoms with Crippen molar-refractivity contribution in [2.75, 3.05) is 11.9 Å². The van der Waals surface area contributed by atoms with Gasteiger partial charge in [-0.1, -0.05) is 41.4 Å². The minimum absolute atomic E-state index is 0.200. The molecule has 0 bridgehead atoms. The number of aryl methyl sites for hydroxylation is 2. The van der Waals surface area contributed by atoms with Gasteiger partial charge in [0.15, 0.2) is 0 Å². The number of halogens is 1. The van der Waals surface area contributed by atoms with E-state index in [1.807, 2.05) is 62.4 Å². The fourth-order valence-electron chi connectivity index (χ4n) is 2.48. The van der Waals surface area contributed by atoms with E-state index in [9.17, 15) is 4.79 Å². The van der Waals surface area contributed by atoms with E-state index in [0.29, 0.717) is 11.6 Å². The SMILES string of the molecule is Cc1ccc(NC(=O)NCCc2sc(-c3ccc(Cl)cc3)nc2C)cc1. The van der Waals surface area contributed by atoms with Gasteiger partial charge in [-0.05, 0) is 38.1 Å². The van der Waals surface area contributed by atoms with E-state index in [4.69, 9.17) is 11.6 Å². The van der Waals surface area contributed by atoms with Crippen molar-refractivity contribution >= 4 is 34.7 Å². The van der Waals surface area contributed by atoms with Crippen LogP contribution < -0.4 is 10.6 Å². The van der Waals surface area contributed by atoms with Crippen molar-refractivity contribution in [1.82, 2.24) is 10.3 Å². The molecule has 0 radical (unpaired) electrons. The maximum atomic E-state index is 12.0. The predicted octanol–water partition coefficient (Wildman–Crippen LogP) is 5.44. The largest absolute Gasteiger partial charge is 0.338 e. The third kappa shape index (κ3) is 4.84. The Morgan fingerprint density at radius 3 is 2.46 bits per heavy atom. The molecule has 2 aromatic carbocycles. The first kappa shape index (κ1) is 18.4. The Balaban J connectivity index is 1.54. The number of aromatic nitrogens is 1. The molecule has 0 atom stereocenters. The molecule has 0 saturated carbocycles. The van der Waals surface area contributed by atoms with Crippen molar-refractivity contribution in [2.24, 2.45) is 0 Å². The van der Waals surface area contributed by atoms with Crippen LogP contribution in [0.1, 0.15) is 16.1 Å². The Hall–Kier alpha value is -2.37. The van der Waals surface area contributed by atoms with Crippen LogP contribution in [0.4, 0.5) is 10.5 Å². The van der Waals surface area contributed by atoms with Crippen LogP contribution in [0.15, 0.2) is 48.5 Å². The first-order chi connectivity index (χ1) is 12.5. The van der Waals surface area contributed by atoms with E-state index in [1.54, 1.807) is 11.3 Å². The second kappa shape index (κ2) is 8.34. The number of benzene rings is 2. The molecule has 2 N–H and O–H groups in total. The van der Waals surface area contributed by atoms with Gasteiger partial charge in [-0.15, -0.1) is 11.3 Å². The van der Waals surface area contributed by atoms with Gasteiger partial charge in [0.1, 0.15) is 5.01 Å². The molecule has 134 valence electrons. The molecule has 0 spiro atoms. The maximum absolute atomic E-state index is 12.0. The molecule has 0 aliphatic carbocycles. The van der Waals surface area contributed by atoms with Crippen LogP contribution >= 0.6 is 22.9 Å². The zero-order valence-electron chi connectivity index (χ0n) is 14.7. The van der Waals surface area contributed by atoms with Crippen molar-refractivity contribution in [2.45, 2.75) is 20.3 Å². The van der Waals surface area contributed by atoms with Gasteiger partial charge in [0.2, 0.25) is 0 Å². The van der Waals surface area contributed by atoms with Gasteiger partial charge in [0.05, 0.1) is 5.69 Å². The summed E-state index contributed by atoms with van der Waals surface area (Å²) in [5.41, 5.74) is 4.00. The van der Waals surface area contributed by atoms with Gasteiger partial charge in [0.25, 0.3) is 0 Å². The third-order valence-electron chi connectivity index (χ3n) is 3.93. The fourth-order valence-corrected chi connectivity index (χ4v) is 3.67. The zero-order valence-corrected chi connectivity index (χ0v) is 16.2. The molecule has 26 heavy (non-hydrogen) atoms. The molecule has 0 fully saturated rings. The smallest absolute Gasteiger partial charge is 0.319 e. The topological polar surface area (TPSA) is 54.0 Å². The fraction of sp³-hybridized carbons (Fsp3) is 0.200. The van der Waals surface area contributed by atoms with Gasteiger partial charge in [-0.3, -0.25) is 0 Å². The zero-order chi connectivity index (χ0) is 18.5. The summed E-state index contributed by atoms with van der Waals surface area (Å²) in [4.78, 5) is 17.8. The summed E-state index contributed by atoms with van der Waals surface area (Å²) in [6.45, 7) is 4.57. The molecule has 0 aliphatic heterocycles. The highest BCUT2D eigenvalue weighted by Gasteiger charge is 2.10. The highest BCUT2D eigenvalue weighted by Crippen LogP contribution is 2.28. The average molecular weight is 386 g/mol. The van der Waals surface area contributed by atoms with Crippen LogP contribution in [-0.4, -0.2) is 17.6 Å². The van der Waals surface area contributed by atoms with Crippen LogP contribution in [0.5, 0.6) is 0 Å². The van der Waals surface area contributed by atoms with E-state index < -0.39 is 0 Å². The number of urea groups is 1. The minimum atomic E-state index is -0.200. The summed E-state index contributed by atoms with van der Waals surface area (Å²) in [7, 11) is 0. The molecule has 2 amide bonds. The third-order valence-corrected chi connectivity index (χ3v) is 5.45. The van der Waals surface area contributed by atoms with E-state index >= 15 is 0 Å². The first-order valence-electron chi connectivity index (χ1n) is 8.35. The highest BCUT2D eigenvalue weighted by molar-refractivity contribution is 7.15. The number of anilines is 1. The molecule has 0 saturated heterocycles. The van der Waals surface area contributed by atoms with E-state index in [1.165, 1.54) is 4.88 Å². The Bertz CT molecular complexity index is 888. The van der Waals surface area contributed by atoms with Gasteiger partial charge in [0, 0.05) is 34.1 Å². The van der Waals surface area contributed by atoms with Crippen molar-refractivity contribution in [3.05, 3.63) is 69.7 Å². The lowest BCUT2D eigenvalue weighted by molar-refractivity contribution is 0.252. The average Bonchev–Trinajstić information content (AvgIpc) is 2.98. The van der Waals surface area contributed by atoms with Crippen molar-refractivity contribution in [3.8, 4) is 10.6 Å². The number of hydrogen-bond donors (Lipinski definition) is 2. The summed E-state index contributed by atoms with van der Waals surface area (Å²) in [5.74, 6) is 0. The monoisotopic (exact) mass is 385 g/mol. The molecule has 3 aromatic rings. The van der Waals surface area contributed by atoms with E-state index in [-0.39, 0.29) is 6.03 Å². The molecule has 6 heteroatoms. The van der Waals surface area contributed by atoms with E-state index in [2.05, 4.69) is 15.6 Å². The van der Waals surface area contributed by atoms with Crippen molar-refractivity contribution < 1.29 is 4.79 Å². The maximum Gasteiger partial charge on any atom is 0.319 e. The van der Waals surface area contributed by atoms with Crippen LogP contribution in [0.2, 0.25) is 5.02 Å². The second-order valence-corrected chi connectivity index (χ2v) is 7.55. The molecular weight excluding hydrogens is 366 g/mol. The summed E-state index contributed by atoms with van der Waals surface area (Å²) >= 11 is 7.59. The van der Waals surface area contributed by atoms with Gasteiger partial charge < -0.3 is 10.6 Å². The standard InChI is InChI=1S/C20H20ClN3OS/c1-13-3-9-17(10-4-13)24-20(25)22-12-11-18-14(2)23-19(26-18)15-5-7-16(21)8-6-15/h3-10H,11-12H2,1-2H3,(H2,22,24,25). The molecule has 1 heterocycles. The number of hydrogen-bond acceptors (Lipinski definition) is 3. The Kier molecular flexibility index (Phi) is 5.91. The number of thiazole rings is 1. The Morgan fingerprint density at radius 1 is 1.08 bits per heavy atom. The lowest BCUT2D eigenvalue weighted by Gasteiger charge is -2.07. The molecule has 1 aromatic heterocycles. The summed E-state index contributed by atoms with van der Waals surface area (Å²) < 4.78 is 0. The summed E-state index contributed by atoms with van der Waals surface area (Å²) in [6.07, 6.45) is 0.748. The molecule has 0 aliphatic rings. The predicted molar refractivity (Wildman–Crippen MR) is 109 cm³/mol. The molecule has 4 nitrogen and oxygen atoms in total. The van der Waals surface area contributed by atoms with Crippen LogP contribution in [0, 0.1) is 13.8 Å². The highest BCUT2D eigenvalue weighted by atomic mass is 35.5. The lowest BCUT2D eigenvalue weighted by Crippen LogP contribution is -2.30. The molecular formula is C20H20ClN3OS. The van der Waals surface area contributed by atoms with Gasteiger partial charge in [-0.25, -0.2) is 9.78 Å². The van der Waals surface area contributed by atoms with Crippen LogP contribution in [0.3, 0.4) is 0 Å². The van der Waals surface area contributed by atoms with Gasteiger partial charge >= 0.3 is 6.03 Å². The number of carbonyl (C=O) groups excluding carboxylic acids is 1. The van der Waals surface area contributed by atoms with Crippen LogP contribution in [0.25, 0.3) is 10.6 Å². The Morgan fingerprint density at radius 2 is 1.77 bits per heavy atom. The molecule has 0 unspecified atom stereocenters. The Labute approximate surface area is 162 Å². The molecule has 3 rings (SSSR count). The number of nitrogens with zero attached hydrogens (tertiary/aromatic N) is 1. The summed E-state index contributed by atoms with van der Waals surface area (Å²) in [5, 5.41) is 7.41. The van der Waals surface area contributed by atoms with Crippen LogP contribution in [-0.2, 0) is 6.42 Å². The van der Waals surface area contributed by atoms with Gasteiger partial charge in [-0.2, -0.15) is 0 Å². The first-order valence-corrected chi connectivity index (χ1v) is 9.54. The number of nitrogens with one attached hydrogen (secondary N) is 2. The summed E-state index contributed by atoms with van der Waals surface area (Å²) in [6, 6.07) is 15.2. The van der Waals surface area contributed by atoms with Crippen molar-refractivity contribution in [1.29, 1.82) is 0 Å². The lowest BCUT2D eigenvalue weighted by atomic mass is 10.2. The quantitative estimate of drug-likeness (QED) is 0.614. The van der Waals surface area contributed by atoms with E-state index in [0.717, 1.165) is 33.9 Å². The number of rotatable bonds is 5.